The van der Waals surface area contributed by atoms with Crippen LogP contribution in [0, 0.1) is 0 Å². The molecule has 1 aliphatic rings. The summed E-state index contributed by atoms with van der Waals surface area (Å²) in [6.45, 7) is 0.398. The quantitative estimate of drug-likeness (QED) is 0.356. The summed E-state index contributed by atoms with van der Waals surface area (Å²) in [5, 5.41) is 14.2. The Morgan fingerprint density at radius 3 is 2.57 bits per heavy atom. The molecule has 2 rings (SSSR count). The van der Waals surface area contributed by atoms with Crippen LogP contribution in [0.5, 0.6) is 0 Å². The van der Waals surface area contributed by atoms with Crippen LogP contribution >= 0.6 is 0 Å². The third-order valence-electron chi connectivity index (χ3n) is 4.24. The number of aromatic amines is 1. The fourth-order valence-electron chi connectivity index (χ4n) is 2.79. The summed E-state index contributed by atoms with van der Waals surface area (Å²) in [5.41, 5.74) is -1.42. The number of nitrogens with zero attached hydrogens (tertiary/aromatic N) is 1. The number of alkyl halides is 3. The lowest BCUT2D eigenvalue weighted by atomic mass is 10.1. The van der Waals surface area contributed by atoms with Crippen molar-refractivity contribution >= 4 is 11.8 Å². The number of aliphatic hydroxyl groups excluding tert-OH is 1. The molecular formula is C16H21F3N4O7. The van der Waals surface area contributed by atoms with Crippen molar-refractivity contribution < 1.29 is 37.3 Å². The Balaban J connectivity index is 1.92. The third-order valence-corrected chi connectivity index (χ3v) is 4.24. The Labute approximate surface area is 167 Å². The van der Waals surface area contributed by atoms with Gasteiger partial charge in [0.15, 0.2) is 6.23 Å². The van der Waals surface area contributed by atoms with E-state index in [9.17, 15) is 37.5 Å². The topological polar surface area (TPSA) is 152 Å². The first-order valence-corrected chi connectivity index (χ1v) is 8.93. The molecule has 0 bridgehead atoms. The summed E-state index contributed by atoms with van der Waals surface area (Å²) < 4.78 is 48.2. The molecule has 0 spiro atoms. The van der Waals surface area contributed by atoms with E-state index in [1.165, 1.54) is 0 Å². The molecule has 2 amide bonds. The van der Waals surface area contributed by atoms with Crippen molar-refractivity contribution in [2.45, 2.75) is 44.1 Å². The van der Waals surface area contributed by atoms with Gasteiger partial charge in [-0.1, -0.05) is 6.92 Å². The van der Waals surface area contributed by atoms with E-state index in [0.717, 1.165) is 16.8 Å². The molecule has 1 aromatic heterocycles. The van der Waals surface area contributed by atoms with Crippen LogP contribution in [0.4, 0.5) is 13.2 Å². The van der Waals surface area contributed by atoms with E-state index in [2.05, 4.69) is 5.32 Å². The van der Waals surface area contributed by atoms with Gasteiger partial charge in [-0.05, 0) is 6.42 Å². The fraction of sp³-hybridized carbons (Fsp3) is 0.625. The number of ether oxygens (including phenoxy) is 2. The molecule has 1 aliphatic heterocycles. The number of halogens is 3. The van der Waals surface area contributed by atoms with Crippen LogP contribution in [-0.4, -0.2) is 70.7 Å². The minimum absolute atomic E-state index is 0.284. The first kappa shape index (κ1) is 23.6. The van der Waals surface area contributed by atoms with Crippen LogP contribution in [0.25, 0.3) is 0 Å². The van der Waals surface area contributed by atoms with Gasteiger partial charge >= 0.3 is 17.8 Å². The highest BCUT2D eigenvalue weighted by Gasteiger charge is 2.45. The van der Waals surface area contributed by atoms with Crippen LogP contribution in [-0.2, 0) is 19.1 Å². The number of nitrogens with one attached hydrogen (secondary N) is 3. The average Bonchev–Trinajstić information content (AvgIpc) is 2.98. The van der Waals surface area contributed by atoms with Crippen LogP contribution in [0.1, 0.15) is 19.6 Å². The molecular weight excluding hydrogens is 417 g/mol. The van der Waals surface area contributed by atoms with Crippen LogP contribution in [0.15, 0.2) is 21.9 Å². The van der Waals surface area contributed by atoms with Gasteiger partial charge in [0, 0.05) is 25.4 Å². The van der Waals surface area contributed by atoms with Crippen molar-refractivity contribution in [1.29, 1.82) is 0 Å². The molecule has 11 nitrogen and oxygen atoms in total. The first-order chi connectivity index (χ1) is 14.0. The smallest absolute Gasteiger partial charge is 0.388 e. The molecule has 0 aromatic carbocycles. The molecule has 1 unspecified atom stereocenters. The number of amides is 2. The summed E-state index contributed by atoms with van der Waals surface area (Å²) in [5.74, 6) is -2.85. The van der Waals surface area contributed by atoms with Crippen molar-refractivity contribution in [2.24, 2.45) is 0 Å². The number of hydrogen-bond donors (Lipinski definition) is 4. The molecule has 168 valence electrons. The number of carbonyl (C=O) groups is 2. The highest BCUT2D eigenvalue weighted by atomic mass is 19.4. The lowest BCUT2D eigenvalue weighted by molar-refractivity contribution is -0.173. The second-order valence-electron chi connectivity index (χ2n) is 6.36. The van der Waals surface area contributed by atoms with E-state index in [1.807, 2.05) is 4.98 Å². The minimum atomic E-state index is -5.02. The highest BCUT2D eigenvalue weighted by molar-refractivity contribution is 5.81. The molecule has 1 fully saturated rings. The Morgan fingerprint density at radius 1 is 1.30 bits per heavy atom. The molecule has 0 saturated carbocycles. The lowest BCUT2D eigenvalue weighted by Crippen LogP contribution is -2.43. The fourth-order valence-corrected chi connectivity index (χ4v) is 2.79. The van der Waals surface area contributed by atoms with Crippen molar-refractivity contribution in [1.82, 2.24) is 20.2 Å². The van der Waals surface area contributed by atoms with Crippen LogP contribution in [0.3, 0.4) is 0 Å². The molecule has 14 heteroatoms. The van der Waals surface area contributed by atoms with E-state index >= 15 is 0 Å². The second kappa shape index (κ2) is 9.86. The van der Waals surface area contributed by atoms with E-state index < -0.39 is 66.9 Å². The predicted octanol–water partition coefficient (Wildman–Crippen LogP) is -1.62. The summed E-state index contributed by atoms with van der Waals surface area (Å²) in [4.78, 5) is 47.8. The SMILES string of the molecule is CC[C@H]1O[C@@H](n2ccc(=O)[nH]c2=O)[C@@H](OCC(=O)NCCNC(=O)C(F)(F)F)C1O. The minimum Gasteiger partial charge on any atom is -0.388 e. The van der Waals surface area contributed by atoms with Gasteiger partial charge in [0.05, 0.1) is 6.10 Å². The molecule has 30 heavy (non-hydrogen) atoms. The Hall–Kier alpha value is -2.71. The third kappa shape index (κ3) is 5.90. The van der Waals surface area contributed by atoms with Gasteiger partial charge in [-0.25, -0.2) is 4.79 Å². The van der Waals surface area contributed by atoms with Gasteiger partial charge in [-0.2, -0.15) is 13.2 Å². The summed E-state index contributed by atoms with van der Waals surface area (Å²) >= 11 is 0. The zero-order chi connectivity index (χ0) is 22.5. The molecule has 4 N–H and O–H groups in total. The average molecular weight is 438 g/mol. The number of hydrogen-bond acceptors (Lipinski definition) is 7. The highest BCUT2D eigenvalue weighted by Crippen LogP contribution is 2.32. The molecule has 4 atom stereocenters. The maximum Gasteiger partial charge on any atom is 0.471 e. The molecule has 1 saturated heterocycles. The number of aliphatic hydroxyl groups is 1. The molecule has 0 radical (unpaired) electrons. The zero-order valence-corrected chi connectivity index (χ0v) is 15.8. The van der Waals surface area contributed by atoms with Crippen molar-refractivity contribution in [3.05, 3.63) is 33.1 Å². The summed E-state index contributed by atoms with van der Waals surface area (Å²) in [7, 11) is 0. The van der Waals surface area contributed by atoms with Gasteiger partial charge in [-0.3, -0.25) is 23.9 Å². The normalized spacial score (nSPS) is 23.9. The number of rotatable bonds is 8. The monoisotopic (exact) mass is 438 g/mol. The second-order valence-corrected chi connectivity index (χ2v) is 6.36. The maximum absolute atomic E-state index is 12.1. The van der Waals surface area contributed by atoms with Crippen LogP contribution < -0.4 is 21.9 Å². The zero-order valence-electron chi connectivity index (χ0n) is 15.8. The van der Waals surface area contributed by atoms with Gasteiger partial charge in [0.1, 0.15) is 18.8 Å². The lowest BCUT2D eigenvalue weighted by Gasteiger charge is -2.22. The Bertz CT molecular complexity index is 869. The number of aromatic nitrogens is 2. The van der Waals surface area contributed by atoms with Crippen molar-refractivity contribution in [3.63, 3.8) is 0 Å². The summed E-state index contributed by atoms with van der Waals surface area (Å²) in [6.07, 6.45) is -7.60. The first-order valence-electron chi connectivity index (χ1n) is 8.93. The molecule has 1 aromatic rings. The Kier molecular flexibility index (Phi) is 7.75. The van der Waals surface area contributed by atoms with Gasteiger partial charge in [0.25, 0.3) is 5.56 Å². The van der Waals surface area contributed by atoms with Crippen molar-refractivity contribution in [2.75, 3.05) is 19.7 Å². The molecule has 2 heterocycles. The maximum atomic E-state index is 12.1. The van der Waals surface area contributed by atoms with Crippen LogP contribution in [0.2, 0.25) is 0 Å². The van der Waals surface area contributed by atoms with E-state index in [-0.39, 0.29) is 6.54 Å². The van der Waals surface area contributed by atoms with Gasteiger partial charge in [-0.15, -0.1) is 0 Å². The standard InChI is InChI=1S/C16H21F3N4O7/c1-2-8-11(26)12(13(30-8)23-6-3-9(24)22-15(23)28)29-7-10(25)20-4-5-21-14(27)16(17,18)19/h3,6,8,11-13,26H,2,4-5,7H2,1H3,(H,20,25)(H,21,27)(H,22,24,28)/t8-,11?,12+,13-/m1/s1. The van der Waals surface area contributed by atoms with E-state index in [0.29, 0.717) is 6.42 Å². The Morgan fingerprint density at radius 2 is 1.97 bits per heavy atom. The predicted molar refractivity (Wildman–Crippen MR) is 93.3 cm³/mol. The number of carbonyl (C=O) groups excluding carboxylic acids is 2. The van der Waals surface area contributed by atoms with Gasteiger partial charge < -0.3 is 25.2 Å². The largest absolute Gasteiger partial charge is 0.471 e. The van der Waals surface area contributed by atoms with Crippen molar-refractivity contribution in [3.8, 4) is 0 Å². The summed E-state index contributed by atoms with van der Waals surface area (Å²) in [6, 6.07) is 1.08. The van der Waals surface area contributed by atoms with E-state index in [1.54, 1.807) is 12.2 Å². The van der Waals surface area contributed by atoms with E-state index in [4.69, 9.17) is 9.47 Å². The molecule has 0 aliphatic carbocycles. The number of H-pyrrole nitrogens is 1. The van der Waals surface area contributed by atoms with Gasteiger partial charge in [0.2, 0.25) is 5.91 Å².